The summed E-state index contributed by atoms with van der Waals surface area (Å²) in [6.07, 6.45) is 6.36. The van der Waals surface area contributed by atoms with Crippen molar-refractivity contribution in [1.82, 2.24) is 10.3 Å². The molecule has 5 rings (SSSR count). The van der Waals surface area contributed by atoms with E-state index in [1.807, 2.05) is 42.2 Å². The fourth-order valence-electron chi connectivity index (χ4n) is 5.87. The van der Waals surface area contributed by atoms with Crippen LogP contribution in [0.3, 0.4) is 0 Å². The van der Waals surface area contributed by atoms with Gasteiger partial charge in [-0.2, -0.15) is 0 Å². The monoisotopic (exact) mass is 531 g/mol. The number of pyridine rings is 1. The number of carbonyl (C=O) groups excluding carboxylic acids is 2. The lowest BCUT2D eigenvalue weighted by Crippen LogP contribution is -2.35. The number of amides is 2. The first-order valence-corrected chi connectivity index (χ1v) is 14.9. The standard InChI is InChI=1S/C30H33N3O4S/c1-20-18-22(29(35)31-2)9-12-24(20)25-13-14-26-28(32-25)30(16-4-5-17-30)19-33(26)27(34)15-8-21-6-10-23(11-7-21)38(3,36)37/h6-7,9-14,18H,4-5,8,15-17,19H2,1-3H3,(H,31,35). The van der Waals surface area contributed by atoms with Crippen LogP contribution < -0.4 is 10.2 Å². The van der Waals surface area contributed by atoms with Gasteiger partial charge in [0.1, 0.15) is 0 Å². The second-order valence-corrected chi connectivity index (χ2v) is 12.6. The highest BCUT2D eigenvalue weighted by molar-refractivity contribution is 7.90. The first-order chi connectivity index (χ1) is 18.1. The maximum absolute atomic E-state index is 13.5. The summed E-state index contributed by atoms with van der Waals surface area (Å²) in [5.41, 5.74) is 6.16. The van der Waals surface area contributed by atoms with Crippen molar-refractivity contribution in [2.75, 3.05) is 24.7 Å². The van der Waals surface area contributed by atoms with Gasteiger partial charge in [0.2, 0.25) is 5.91 Å². The lowest BCUT2D eigenvalue weighted by Gasteiger charge is -2.24. The van der Waals surface area contributed by atoms with Gasteiger partial charge in [0.15, 0.2) is 9.84 Å². The maximum Gasteiger partial charge on any atom is 0.251 e. The number of aryl methyl sites for hydroxylation is 2. The second-order valence-electron chi connectivity index (χ2n) is 10.6. The number of nitrogens with zero attached hydrogens (tertiary/aromatic N) is 2. The molecule has 1 aromatic heterocycles. The zero-order valence-electron chi connectivity index (χ0n) is 22.1. The van der Waals surface area contributed by atoms with Gasteiger partial charge in [0.25, 0.3) is 5.91 Å². The predicted octanol–water partition coefficient (Wildman–Crippen LogP) is 4.61. The molecule has 1 aliphatic heterocycles. The van der Waals surface area contributed by atoms with Crippen LogP contribution in [0.1, 0.15) is 59.3 Å². The summed E-state index contributed by atoms with van der Waals surface area (Å²) in [5, 5.41) is 2.66. The quantitative estimate of drug-likeness (QED) is 0.501. The molecule has 2 heterocycles. The fourth-order valence-corrected chi connectivity index (χ4v) is 6.50. The predicted molar refractivity (Wildman–Crippen MR) is 148 cm³/mol. The van der Waals surface area contributed by atoms with Gasteiger partial charge < -0.3 is 10.2 Å². The molecule has 2 aliphatic rings. The molecule has 0 unspecified atom stereocenters. The lowest BCUT2D eigenvalue weighted by molar-refractivity contribution is -0.118. The van der Waals surface area contributed by atoms with E-state index in [1.54, 1.807) is 31.3 Å². The highest BCUT2D eigenvalue weighted by Gasteiger charge is 2.47. The van der Waals surface area contributed by atoms with E-state index in [1.165, 1.54) is 6.26 Å². The number of anilines is 1. The number of nitrogens with one attached hydrogen (secondary N) is 1. The maximum atomic E-state index is 13.5. The summed E-state index contributed by atoms with van der Waals surface area (Å²) in [6.45, 7) is 2.64. The first kappa shape index (κ1) is 26.1. The van der Waals surface area contributed by atoms with E-state index in [0.717, 1.165) is 59.4 Å². The summed E-state index contributed by atoms with van der Waals surface area (Å²) in [4.78, 5) is 32.8. The third-order valence-electron chi connectivity index (χ3n) is 7.96. The SMILES string of the molecule is CNC(=O)c1ccc(-c2ccc3c(n2)C2(CCCC2)CN3C(=O)CCc2ccc(S(C)(=O)=O)cc2)c(C)c1. The van der Waals surface area contributed by atoms with Crippen molar-refractivity contribution in [3.63, 3.8) is 0 Å². The lowest BCUT2D eigenvalue weighted by atomic mass is 9.84. The minimum absolute atomic E-state index is 0.0582. The van der Waals surface area contributed by atoms with Crippen LogP contribution in [0.15, 0.2) is 59.5 Å². The Morgan fingerprint density at radius 1 is 1.03 bits per heavy atom. The number of aromatic nitrogens is 1. The van der Waals surface area contributed by atoms with Crippen LogP contribution in [0.4, 0.5) is 5.69 Å². The summed E-state index contributed by atoms with van der Waals surface area (Å²) in [5.74, 6) is -0.0603. The van der Waals surface area contributed by atoms with Gasteiger partial charge in [-0.25, -0.2) is 13.4 Å². The summed E-state index contributed by atoms with van der Waals surface area (Å²) >= 11 is 0. The molecular weight excluding hydrogens is 498 g/mol. The number of fused-ring (bicyclic) bond motifs is 2. The van der Waals surface area contributed by atoms with Crippen LogP contribution >= 0.6 is 0 Å². The van der Waals surface area contributed by atoms with Gasteiger partial charge >= 0.3 is 0 Å². The average Bonchev–Trinajstić information content (AvgIpc) is 3.51. The van der Waals surface area contributed by atoms with E-state index in [9.17, 15) is 18.0 Å². The van der Waals surface area contributed by atoms with Crippen LogP contribution in [0.25, 0.3) is 11.3 Å². The third kappa shape index (κ3) is 4.85. The number of carbonyl (C=O) groups is 2. The van der Waals surface area contributed by atoms with E-state index in [-0.39, 0.29) is 22.1 Å². The molecule has 7 nitrogen and oxygen atoms in total. The van der Waals surface area contributed by atoms with E-state index in [0.29, 0.717) is 24.9 Å². The van der Waals surface area contributed by atoms with Gasteiger partial charge in [0, 0.05) is 42.8 Å². The molecular formula is C30H33N3O4S. The molecule has 2 aromatic carbocycles. The molecule has 38 heavy (non-hydrogen) atoms. The molecule has 1 saturated carbocycles. The van der Waals surface area contributed by atoms with Crippen LogP contribution in [0.5, 0.6) is 0 Å². The van der Waals surface area contributed by atoms with E-state index < -0.39 is 9.84 Å². The Morgan fingerprint density at radius 3 is 2.37 bits per heavy atom. The molecule has 8 heteroatoms. The zero-order valence-corrected chi connectivity index (χ0v) is 22.9. The van der Waals surface area contributed by atoms with E-state index in [2.05, 4.69) is 5.32 Å². The van der Waals surface area contributed by atoms with E-state index >= 15 is 0 Å². The first-order valence-electron chi connectivity index (χ1n) is 13.1. The molecule has 1 fully saturated rings. The minimum atomic E-state index is -3.24. The Kier molecular flexibility index (Phi) is 6.86. The molecule has 3 aromatic rings. The van der Waals surface area contributed by atoms with Crippen molar-refractivity contribution in [3.05, 3.63) is 77.0 Å². The molecule has 1 N–H and O–H groups in total. The summed E-state index contributed by atoms with van der Waals surface area (Å²) in [6, 6.07) is 16.4. The number of sulfone groups is 1. The molecule has 198 valence electrons. The summed E-state index contributed by atoms with van der Waals surface area (Å²) < 4.78 is 23.5. The highest BCUT2D eigenvalue weighted by atomic mass is 32.2. The van der Waals surface area contributed by atoms with Crippen LogP contribution in [-0.2, 0) is 26.5 Å². The Labute approximate surface area is 224 Å². The van der Waals surface area contributed by atoms with Crippen LogP contribution in [-0.4, -0.2) is 45.1 Å². The zero-order chi connectivity index (χ0) is 27.1. The van der Waals surface area contributed by atoms with Crippen molar-refractivity contribution in [1.29, 1.82) is 0 Å². The van der Waals surface area contributed by atoms with Crippen molar-refractivity contribution < 1.29 is 18.0 Å². The Balaban J connectivity index is 1.40. The van der Waals surface area contributed by atoms with Crippen molar-refractivity contribution >= 4 is 27.3 Å². The molecule has 2 amide bonds. The van der Waals surface area contributed by atoms with Crippen LogP contribution in [0.2, 0.25) is 0 Å². The number of hydrogen-bond donors (Lipinski definition) is 1. The average molecular weight is 532 g/mol. The van der Waals surface area contributed by atoms with Crippen molar-refractivity contribution in [3.8, 4) is 11.3 Å². The van der Waals surface area contributed by atoms with Gasteiger partial charge in [-0.05, 0) is 73.7 Å². The van der Waals surface area contributed by atoms with Gasteiger partial charge in [-0.1, -0.05) is 31.0 Å². The molecule has 0 radical (unpaired) electrons. The minimum Gasteiger partial charge on any atom is -0.355 e. The Bertz CT molecular complexity index is 1510. The molecule has 0 saturated heterocycles. The van der Waals surface area contributed by atoms with Gasteiger partial charge in [-0.3, -0.25) is 9.59 Å². The molecule has 1 aliphatic carbocycles. The molecule has 0 bridgehead atoms. The van der Waals surface area contributed by atoms with Gasteiger partial charge in [0.05, 0.1) is 22.0 Å². The highest BCUT2D eigenvalue weighted by Crippen LogP contribution is 2.50. The second kappa shape index (κ2) is 9.98. The normalized spacial score (nSPS) is 16.0. The number of rotatable bonds is 6. The molecule has 1 spiro atoms. The van der Waals surface area contributed by atoms with Crippen molar-refractivity contribution in [2.24, 2.45) is 0 Å². The largest absolute Gasteiger partial charge is 0.355 e. The summed E-state index contributed by atoms with van der Waals surface area (Å²) in [7, 11) is -1.62. The molecule has 0 atom stereocenters. The Hall–Kier alpha value is -3.52. The number of benzene rings is 2. The fraction of sp³-hybridized carbons (Fsp3) is 0.367. The van der Waals surface area contributed by atoms with E-state index in [4.69, 9.17) is 4.98 Å². The van der Waals surface area contributed by atoms with Crippen molar-refractivity contribution in [2.45, 2.75) is 55.8 Å². The third-order valence-corrected chi connectivity index (χ3v) is 9.09. The van der Waals surface area contributed by atoms with Crippen LogP contribution in [0, 0.1) is 6.92 Å². The topological polar surface area (TPSA) is 96.4 Å². The van der Waals surface area contributed by atoms with Gasteiger partial charge in [-0.15, -0.1) is 0 Å². The number of hydrogen-bond acceptors (Lipinski definition) is 5. The smallest absolute Gasteiger partial charge is 0.251 e. The Morgan fingerprint density at radius 2 is 1.74 bits per heavy atom.